The number of benzene rings is 1. The second kappa shape index (κ2) is 6.27. The van der Waals surface area contributed by atoms with Gasteiger partial charge in [0.25, 0.3) is 5.91 Å². The van der Waals surface area contributed by atoms with Gasteiger partial charge in [-0.25, -0.2) is 0 Å². The third kappa shape index (κ3) is 3.63. The van der Waals surface area contributed by atoms with Gasteiger partial charge in [0.15, 0.2) is 0 Å². The Morgan fingerprint density at radius 2 is 1.70 bits per heavy atom. The van der Waals surface area contributed by atoms with Crippen molar-refractivity contribution in [2.75, 3.05) is 52.4 Å². The van der Waals surface area contributed by atoms with Gasteiger partial charge < -0.3 is 20.4 Å². The number of hydrogen-bond donors (Lipinski definition) is 1. The maximum atomic E-state index is 12.2. The van der Waals surface area contributed by atoms with E-state index in [1.807, 2.05) is 19.0 Å². The molecule has 0 unspecified atom stereocenters. The molecule has 0 aliphatic rings. The summed E-state index contributed by atoms with van der Waals surface area (Å²) < 4.78 is 0. The first-order valence-corrected chi connectivity index (χ1v) is 6.26. The maximum absolute atomic E-state index is 12.2. The van der Waals surface area contributed by atoms with Crippen molar-refractivity contribution < 1.29 is 9.59 Å². The van der Waals surface area contributed by atoms with Crippen molar-refractivity contribution in [3.05, 3.63) is 23.8 Å². The van der Waals surface area contributed by atoms with Crippen LogP contribution in [0.3, 0.4) is 0 Å². The Hall–Kier alpha value is -2.24. The van der Waals surface area contributed by atoms with Gasteiger partial charge in [-0.1, -0.05) is 0 Å². The molecule has 1 rings (SSSR count). The summed E-state index contributed by atoms with van der Waals surface area (Å²) in [4.78, 5) is 28.5. The van der Waals surface area contributed by atoms with Gasteiger partial charge in [-0.15, -0.1) is 0 Å². The van der Waals surface area contributed by atoms with Crippen LogP contribution >= 0.6 is 0 Å². The van der Waals surface area contributed by atoms with Gasteiger partial charge in [-0.05, 0) is 18.2 Å². The number of nitrogens with zero attached hydrogens (tertiary/aromatic N) is 3. The first-order valence-electron chi connectivity index (χ1n) is 6.26. The summed E-state index contributed by atoms with van der Waals surface area (Å²) in [6.07, 6.45) is 0. The van der Waals surface area contributed by atoms with E-state index < -0.39 is 0 Å². The van der Waals surface area contributed by atoms with Crippen molar-refractivity contribution in [2.45, 2.75) is 0 Å². The molecular weight excluding hydrogens is 256 g/mol. The largest absolute Gasteiger partial charge is 0.397 e. The van der Waals surface area contributed by atoms with E-state index in [1.54, 1.807) is 39.3 Å². The molecule has 0 radical (unpaired) electrons. The molecule has 2 N–H and O–H groups in total. The number of amides is 2. The number of carbonyl (C=O) groups excluding carboxylic acids is 2. The lowest BCUT2D eigenvalue weighted by Crippen LogP contribution is -2.37. The zero-order valence-corrected chi connectivity index (χ0v) is 12.7. The molecule has 0 fully saturated rings. The monoisotopic (exact) mass is 278 g/mol. The Balaban J connectivity index is 2.87. The van der Waals surface area contributed by atoms with Crippen LogP contribution in [-0.4, -0.2) is 63.4 Å². The van der Waals surface area contributed by atoms with Crippen LogP contribution in [0.4, 0.5) is 11.4 Å². The van der Waals surface area contributed by atoms with Gasteiger partial charge in [0.05, 0.1) is 17.9 Å². The zero-order valence-electron chi connectivity index (χ0n) is 12.7. The predicted molar refractivity (Wildman–Crippen MR) is 80.8 cm³/mol. The van der Waals surface area contributed by atoms with E-state index in [0.29, 0.717) is 11.3 Å². The lowest BCUT2D eigenvalue weighted by atomic mass is 10.1. The first kappa shape index (κ1) is 15.8. The zero-order chi connectivity index (χ0) is 15.4. The molecule has 6 heteroatoms. The van der Waals surface area contributed by atoms with Crippen LogP contribution in [0.25, 0.3) is 0 Å². The Morgan fingerprint density at radius 1 is 1.10 bits per heavy atom. The van der Waals surface area contributed by atoms with Crippen LogP contribution < -0.4 is 10.6 Å². The third-order valence-electron chi connectivity index (χ3n) is 2.97. The fraction of sp³-hybridized carbons (Fsp3) is 0.429. The van der Waals surface area contributed by atoms with Crippen LogP contribution in [0.1, 0.15) is 10.4 Å². The van der Waals surface area contributed by atoms with Crippen molar-refractivity contribution in [3.63, 3.8) is 0 Å². The Morgan fingerprint density at radius 3 is 2.15 bits per heavy atom. The SMILES string of the molecule is CN(C)C(=O)CN(C)C(=O)c1ccc(N(C)C)c(N)c1. The molecule has 6 nitrogen and oxygen atoms in total. The normalized spacial score (nSPS) is 10.1. The summed E-state index contributed by atoms with van der Waals surface area (Å²) >= 11 is 0. The maximum Gasteiger partial charge on any atom is 0.254 e. The second-order valence-electron chi connectivity index (χ2n) is 5.12. The molecule has 0 aromatic heterocycles. The fourth-order valence-electron chi connectivity index (χ4n) is 1.73. The van der Waals surface area contributed by atoms with Gasteiger partial charge in [-0.2, -0.15) is 0 Å². The van der Waals surface area contributed by atoms with Crippen molar-refractivity contribution >= 4 is 23.2 Å². The third-order valence-corrected chi connectivity index (χ3v) is 2.97. The van der Waals surface area contributed by atoms with Gasteiger partial charge in [-0.3, -0.25) is 9.59 Å². The summed E-state index contributed by atoms with van der Waals surface area (Å²) in [5.41, 5.74) is 7.79. The molecule has 0 aliphatic carbocycles. The number of nitrogens with two attached hydrogens (primary N) is 1. The molecule has 0 atom stereocenters. The van der Waals surface area contributed by atoms with E-state index in [0.717, 1.165) is 5.69 Å². The number of likely N-dealkylation sites (N-methyl/N-ethyl adjacent to an activating group) is 2. The molecule has 2 amide bonds. The van der Waals surface area contributed by atoms with E-state index in [4.69, 9.17) is 5.73 Å². The van der Waals surface area contributed by atoms with Crippen molar-refractivity contribution in [3.8, 4) is 0 Å². The molecule has 0 heterocycles. The summed E-state index contributed by atoms with van der Waals surface area (Å²) in [5.74, 6) is -0.351. The number of nitrogen functional groups attached to an aromatic ring is 1. The van der Waals surface area contributed by atoms with E-state index in [1.165, 1.54) is 9.80 Å². The lowest BCUT2D eigenvalue weighted by Gasteiger charge is -2.20. The highest BCUT2D eigenvalue weighted by molar-refractivity contribution is 5.97. The molecule has 0 bridgehead atoms. The molecule has 1 aromatic carbocycles. The minimum atomic E-state index is -0.225. The van der Waals surface area contributed by atoms with Gasteiger partial charge >= 0.3 is 0 Å². The minimum Gasteiger partial charge on any atom is -0.397 e. The number of hydrogen-bond acceptors (Lipinski definition) is 4. The second-order valence-corrected chi connectivity index (χ2v) is 5.12. The first-order chi connectivity index (χ1) is 9.23. The van der Waals surface area contributed by atoms with Crippen LogP contribution in [-0.2, 0) is 4.79 Å². The molecule has 0 saturated heterocycles. The van der Waals surface area contributed by atoms with Crippen LogP contribution in [0.15, 0.2) is 18.2 Å². The predicted octanol–water partition coefficient (Wildman–Crippen LogP) is 0.495. The van der Waals surface area contributed by atoms with E-state index >= 15 is 0 Å². The van der Waals surface area contributed by atoms with Crippen LogP contribution in [0.5, 0.6) is 0 Å². The summed E-state index contributed by atoms with van der Waals surface area (Å²) in [6.45, 7) is 0.0428. The summed E-state index contributed by atoms with van der Waals surface area (Å²) in [6, 6.07) is 5.14. The smallest absolute Gasteiger partial charge is 0.254 e. The van der Waals surface area contributed by atoms with E-state index in [-0.39, 0.29) is 18.4 Å². The fourth-order valence-corrected chi connectivity index (χ4v) is 1.73. The van der Waals surface area contributed by atoms with Gasteiger partial charge in [0.2, 0.25) is 5.91 Å². The van der Waals surface area contributed by atoms with Crippen LogP contribution in [0.2, 0.25) is 0 Å². The van der Waals surface area contributed by atoms with Crippen molar-refractivity contribution in [2.24, 2.45) is 0 Å². The Bertz CT molecular complexity index is 512. The average molecular weight is 278 g/mol. The highest BCUT2D eigenvalue weighted by Gasteiger charge is 2.17. The van der Waals surface area contributed by atoms with Crippen molar-refractivity contribution in [1.82, 2.24) is 9.80 Å². The number of carbonyl (C=O) groups is 2. The molecule has 0 aliphatic heterocycles. The molecular formula is C14H22N4O2. The number of anilines is 2. The van der Waals surface area contributed by atoms with E-state index in [2.05, 4.69) is 0 Å². The molecule has 110 valence electrons. The van der Waals surface area contributed by atoms with Crippen LogP contribution in [0, 0.1) is 0 Å². The topological polar surface area (TPSA) is 69.9 Å². The Labute approximate surface area is 119 Å². The average Bonchev–Trinajstić information content (AvgIpc) is 2.36. The number of rotatable bonds is 4. The lowest BCUT2D eigenvalue weighted by molar-refractivity contribution is -0.129. The minimum absolute atomic E-state index is 0.0428. The standard InChI is InChI=1S/C14H22N4O2/c1-16(2)12-7-6-10(8-11(12)15)14(20)18(5)9-13(19)17(3)4/h6-8H,9,15H2,1-5H3. The quantitative estimate of drug-likeness (QED) is 0.814. The van der Waals surface area contributed by atoms with Gasteiger partial charge in [0.1, 0.15) is 0 Å². The molecule has 20 heavy (non-hydrogen) atoms. The van der Waals surface area contributed by atoms with Gasteiger partial charge in [0, 0.05) is 40.8 Å². The summed E-state index contributed by atoms with van der Waals surface area (Å²) in [5, 5.41) is 0. The molecule has 0 spiro atoms. The highest BCUT2D eigenvalue weighted by Crippen LogP contribution is 2.22. The highest BCUT2D eigenvalue weighted by atomic mass is 16.2. The molecule has 1 aromatic rings. The summed E-state index contributed by atoms with van der Waals surface area (Å²) in [7, 11) is 8.68. The molecule has 0 saturated carbocycles. The van der Waals surface area contributed by atoms with E-state index in [9.17, 15) is 9.59 Å². The van der Waals surface area contributed by atoms with Crippen molar-refractivity contribution in [1.29, 1.82) is 0 Å². The Kier molecular flexibility index (Phi) is 4.96.